The standard InChI is InChI=1S/C15H33Ge/c1-5-6-7-8-9-10-11-12-13-14-15-16(2,3)4/h1,5-15H2,2-4H3. The second kappa shape index (κ2) is 10.7. The summed E-state index contributed by atoms with van der Waals surface area (Å²) in [7, 11) is 0. The van der Waals surface area contributed by atoms with Crippen molar-refractivity contribution in [3.05, 3.63) is 6.92 Å². The molecule has 1 heteroatoms. The van der Waals surface area contributed by atoms with E-state index in [1.54, 1.807) is 5.25 Å². The van der Waals surface area contributed by atoms with Gasteiger partial charge in [-0.3, -0.25) is 0 Å². The maximum atomic E-state index is 3.88. The van der Waals surface area contributed by atoms with Crippen LogP contribution >= 0.6 is 0 Å². The van der Waals surface area contributed by atoms with Gasteiger partial charge in [-0.25, -0.2) is 0 Å². The quantitative estimate of drug-likeness (QED) is 0.320. The second-order valence-corrected chi connectivity index (χ2v) is 18.1. The van der Waals surface area contributed by atoms with Gasteiger partial charge in [0.2, 0.25) is 0 Å². The number of rotatable bonds is 11. The summed E-state index contributed by atoms with van der Waals surface area (Å²) in [5.74, 6) is 7.59. The van der Waals surface area contributed by atoms with Crippen molar-refractivity contribution in [1.29, 1.82) is 0 Å². The van der Waals surface area contributed by atoms with E-state index < -0.39 is 13.3 Å². The van der Waals surface area contributed by atoms with Crippen molar-refractivity contribution in [2.75, 3.05) is 0 Å². The third kappa shape index (κ3) is 14.5. The van der Waals surface area contributed by atoms with Crippen LogP contribution in [0.25, 0.3) is 0 Å². The molecule has 0 saturated carbocycles. The van der Waals surface area contributed by atoms with Gasteiger partial charge in [-0.2, -0.15) is 0 Å². The summed E-state index contributed by atoms with van der Waals surface area (Å²) < 4.78 is 0. The van der Waals surface area contributed by atoms with Crippen molar-refractivity contribution in [2.45, 2.75) is 86.7 Å². The summed E-state index contributed by atoms with van der Waals surface area (Å²) in [5.41, 5.74) is 0. The van der Waals surface area contributed by atoms with Gasteiger partial charge in [0.05, 0.1) is 0 Å². The van der Waals surface area contributed by atoms with Gasteiger partial charge < -0.3 is 0 Å². The molecule has 0 heterocycles. The fraction of sp³-hybridized carbons (Fsp3) is 0.933. The summed E-state index contributed by atoms with van der Waals surface area (Å²) in [4.78, 5) is 0. The zero-order valence-corrected chi connectivity index (χ0v) is 14.1. The van der Waals surface area contributed by atoms with Crippen molar-refractivity contribution in [3.63, 3.8) is 0 Å². The van der Waals surface area contributed by atoms with Gasteiger partial charge in [-0.15, -0.1) is 0 Å². The summed E-state index contributed by atoms with van der Waals surface area (Å²) in [5, 5.41) is 1.57. The average molecular weight is 286 g/mol. The molecule has 0 spiro atoms. The fourth-order valence-corrected chi connectivity index (χ4v) is 4.82. The molecule has 0 nitrogen and oxygen atoms in total. The molecule has 0 aromatic heterocycles. The first-order valence-corrected chi connectivity index (χ1v) is 15.1. The molecule has 0 fully saturated rings. The van der Waals surface area contributed by atoms with Crippen molar-refractivity contribution in [3.8, 4) is 0 Å². The molecule has 0 N–H and O–H groups in total. The van der Waals surface area contributed by atoms with E-state index in [9.17, 15) is 0 Å². The first kappa shape index (κ1) is 16.5. The summed E-state index contributed by atoms with van der Waals surface area (Å²) in [6, 6.07) is 0. The Morgan fingerprint density at radius 3 is 1.38 bits per heavy atom. The summed E-state index contributed by atoms with van der Waals surface area (Å²) >= 11 is -1.20. The number of hydrogen-bond acceptors (Lipinski definition) is 0. The normalized spacial score (nSPS) is 12.0. The molecule has 0 amide bonds. The third-order valence-electron chi connectivity index (χ3n) is 3.18. The van der Waals surface area contributed by atoms with Crippen LogP contribution in [0.2, 0.25) is 22.5 Å². The van der Waals surface area contributed by atoms with Gasteiger partial charge in [0, 0.05) is 0 Å². The molecule has 1 radical (unpaired) electrons. The van der Waals surface area contributed by atoms with Crippen molar-refractivity contribution >= 4 is 13.3 Å². The molecule has 0 aromatic rings. The Hall–Kier alpha value is 0.543. The Balaban J connectivity index is 2.99. The van der Waals surface area contributed by atoms with Crippen LogP contribution in [0.4, 0.5) is 0 Å². The molecular weight excluding hydrogens is 253 g/mol. The van der Waals surface area contributed by atoms with Crippen molar-refractivity contribution < 1.29 is 0 Å². The van der Waals surface area contributed by atoms with Crippen LogP contribution in [-0.4, -0.2) is 13.3 Å². The molecule has 0 saturated heterocycles. The zero-order chi connectivity index (χ0) is 12.3. The van der Waals surface area contributed by atoms with Gasteiger partial charge in [-0.05, 0) is 0 Å². The number of hydrogen-bond donors (Lipinski definition) is 0. The van der Waals surface area contributed by atoms with Gasteiger partial charge in [0.15, 0.2) is 0 Å². The van der Waals surface area contributed by atoms with Crippen LogP contribution in [0.5, 0.6) is 0 Å². The summed E-state index contributed by atoms with van der Waals surface area (Å²) in [6.45, 7) is 3.88. The van der Waals surface area contributed by atoms with E-state index in [-0.39, 0.29) is 0 Å². The van der Waals surface area contributed by atoms with Crippen LogP contribution in [0.15, 0.2) is 0 Å². The molecule has 16 heavy (non-hydrogen) atoms. The first-order valence-electron chi connectivity index (χ1n) is 7.35. The fourth-order valence-electron chi connectivity index (χ4n) is 2.07. The third-order valence-corrected chi connectivity index (χ3v) is 7.07. The van der Waals surface area contributed by atoms with E-state index in [1.807, 2.05) is 0 Å². The molecule has 0 aliphatic carbocycles. The molecule has 97 valence electrons. The topological polar surface area (TPSA) is 0 Å². The van der Waals surface area contributed by atoms with Crippen molar-refractivity contribution in [1.82, 2.24) is 0 Å². The molecule has 0 rings (SSSR count). The molecule has 0 bridgehead atoms. The van der Waals surface area contributed by atoms with E-state index in [1.165, 1.54) is 57.8 Å². The van der Waals surface area contributed by atoms with E-state index >= 15 is 0 Å². The Morgan fingerprint density at radius 1 is 0.625 bits per heavy atom. The Morgan fingerprint density at radius 2 is 1.00 bits per heavy atom. The van der Waals surface area contributed by atoms with Crippen LogP contribution in [0.1, 0.15) is 64.2 Å². The van der Waals surface area contributed by atoms with Gasteiger partial charge >= 0.3 is 107 Å². The van der Waals surface area contributed by atoms with E-state index in [0.717, 1.165) is 6.42 Å². The molecule has 0 aliphatic rings. The van der Waals surface area contributed by atoms with Crippen LogP contribution in [-0.2, 0) is 0 Å². The summed E-state index contributed by atoms with van der Waals surface area (Å²) in [6.07, 6.45) is 14.2. The van der Waals surface area contributed by atoms with Crippen LogP contribution < -0.4 is 0 Å². The average Bonchev–Trinajstić information content (AvgIpc) is 2.19. The van der Waals surface area contributed by atoms with Crippen molar-refractivity contribution in [2.24, 2.45) is 0 Å². The van der Waals surface area contributed by atoms with Gasteiger partial charge in [0.1, 0.15) is 0 Å². The van der Waals surface area contributed by atoms with Gasteiger partial charge in [-0.1, -0.05) is 0 Å². The minimum atomic E-state index is -1.20. The SMILES string of the molecule is [CH2]CCCCCCCCCC[CH2][Ge]([CH3])([CH3])[CH3]. The zero-order valence-electron chi connectivity index (χ0n) is 12.0. The second-order valence-electron chi connectivity index (χ2n) is 6.35. The maximum absolute atomic E-state index is 3.88. The predicted molar refractivity (Wildman–Crippen MR) is 79.7 cm³/mol. The molecular formula is C15H33Ge. The molecule has 0 aromatic carbocycles. The monoisotopic (exact) mass is 287 g/mol. The van der Waals surface area contributed by atoms with Gasteiger partial charge in [0.25, 0.3) is 0 Å². The Bertz CT molecular complexity index is 135. The number of unbranched alkanes of at least 4 members (excludes halogenated alkanes) is 9. The van der Waals surface area contributed by atoms with Crippen LogP contribution in [0.3, 0.4) is 0 Å². The van der Waals surface area contributed by atoms with Crippen LogP contribution in [0, 0.1) is 6.92 Å². The molecule has 0 atom stereocenters. The Kier molecular flexibility index (Phi) is 11.0. The molecule has 0 unspecified atom stereocenters. The predicted octanol–water partition coefficient (Wildman–Crippen LogP) is 6.06. The first-order chi connectivity index (χ1) is 7.56. The molecule has 0 aliphatic heterocycles. The Labute approximate surface area is 107 Å². The minimum absolute atomic E-state index is 1.12. The van der Waals surface area contributed by atoms with E-state index in [0.29, 0.717) is 0 Å². The van der Waals surface area contributed by atoms with E-state index in [4.69, 9.17) is 0 Å². The van der Waals surface area contributed by atoms with E-state index in [2.05, 4.69) is 24.2 Å².